The number of aromatic nitrogens is 4. The number of nitrogens with one attached hydrogen (secondary N) is 2. The standard InChI is InChI=1S/C17H24N6O/c24-17(22-14-6-3-1-2-4-7-14)21-11-13-23-12-10-20-16(23)15-18-8-5-9-19-15/h5,8-10,12,14H,1-4,6-7,11,13H2,(H2,21,22,24). The number of urea groups is 1. The Balaban J connectivity index is 1.47. The van der Waals surface area contributed by atoms with E-state index in [1.54, 1.807) is 24.7 Å². The van der Waals surface area contributed by atoms with E-state index in [2.05, 4.69) is 25.6 Å². The van der Waals surface area contributed by atoms with Crippen molar-refractivity contribution < 1.29 is 4.79 Å². The first kappa shape index (κ1) is 16.4. The van der Waals surface area contributed by atoms with Crippen LogP contribution in [-0.4, -0.2) is 38.1 Å². The molecular formula is C17H24N6O. The van der Waals surface area contributed by atoms with Crippen molar-refractivity contribution in [1.29, 1.82) is 0 Å². The second kappa shape index (κ2) is 8.42. The van der Waals surface area contributed by atoms with Gasteiger partial charge in [0.05, 0.1) is 0 Å². The smallest absolute Gasteiger partial charge is 0.315 e. The van der Waals surface area contributed by atoms with E-state index in [1.807, 2.05) is 10.8 Å². The molecule has 1 saturated carbocycles. The summed E-state index contributed by atoms with van der Waals surface area (Å²) >= 11 is 0. The SMILES string of the molecule is O=C(NCCn1ccnc1-c1ncccn1)NC1CCCCCC1. The molecule has 2 aromatic rings. The van der Waals surface area contributed by atoms with E-state index < -0.39 is 0 Å². The summed E-state index contributed by atoms with van der Waals surface area (Å²) in [5.74, 6) is 1.30. The number of nitrogens with zero attached hydrogens (tertiary/aromatic N) is 4. The van der Waals surface area contributed by atoms with Crippen LogP contribution in [0.15, 0.2) is 30.9 Å². The highest BCUT2D eigenvalue weighted by Crippen LogP contribution is 2.17. The third kappa shape index (κ3) is 4.53. The van der Waals surface area contributed by atoms with Crippen LogP contribution in [0.3, 0.4) is 0 Å². The van der Waals surface area contributed by atoms with Crippen molar-refractivity contribution in [3.8, 4) is 11.6 Å². The van der Waals surface area contributed by atoms with E-state index in [1.165, 1.54) is 25.7 Å². The molecule has 2 N–H and O–H groups in total. The van der Waals surface area contributed by atoms with Crippen LogP contribution in [0.1, 0.15) is 38.5 Å². The topological polar surface area (TPSA) is 84.7 Å². The molecule has 0 spiro atoms. The lowest BCUT2D eigenvalue weighted by Crippen LogP contribution is -2.42. The second-order valence-corrected chi connectivity index (χ2v) is 6.11. The van der Waals surface area contributed by atoms with Gasteiger partial charge in [0, 0.05) is 43.9 Å². The fourth-order valence-corrected chi connectivity index (χ4v) is 3.06. The van der Waals surface area contributed by atoms with Crippen molar-refractivity contribution in [1.82, 2.24) is 30.2 Å². The number of hydrogen-bond acceptors (Lipinski definition) is 4. The Kier molecular flexibility index (Phi) is 5.76. The molecule has 3 rings (SSSR count). The van der Waals surface area contributed by atoms with Gasteiger partial charge in [-0.25, -0.2) is 19.7 Å². The minimum Gasteiger partial charge on any atom is -0.336 e. The lowest BCUT2D eigenvalue weighted by atomic mass is 10.1. The normalized spacial score (nSPS) is 15.7. The summed E-state index contributed by atoms with van der Waals surface area (Å²) in [7, 11) is 0. The molecule has 0 aromatic carbocycles. The van der Waals surface area contributed by atoms with Gasteiger partial charge in [-0.2, -0.15) is 0 Å². The molecule has 0 atom stereocenters. The lowest BCUT2D eigenvalue weighted by Gasteiger charge is -2.17. The first-order chi connectivity index (χ1) is 11.8. The Hall–Kier alpha value is -2.44. The van der Waals surface area contributed by atoms with Crippen LogP contribution in [0.4, 0.5) is 4.79 Å². The van der Waals surface area contributed by atoms with Crippen molar-refractivity contribution in [3.63, 3.8) is 0 Å². The molecule has 1 aliphatic rings. The zero-order valence-corrected chi connectivity index (χ0v) is 13.8. The molecule has 0 aliphatic heterocycles. The van der Waals surface area contributed by atoms with E-state index in [0.717, 1.165) is 12.8 Å². The first-order valence-corrected chi connectivity index (χ1v) is 8.66. The molecule has 0 bridgehead atoms. The summed E-state index contributed by atoms with van der Waals surface area (Å²) in [5, 5.41) is 6.01. The predicted molar refractivity (Wildman–Crippen MR) is 91.3 cm³/mol. The monoisotopic (exact) mass is 328 g/mol. The molecule has 7 nitrogen and oxygen atoms in total. The van der Waals surface area contributed by atoms with Gasteiger partial charge < -0.3 is 15.2 Å². The van der Waals surface area contributed by atoms with E-state index >= 15 is 0 Å². The quantitative estimate of drug-likeness (QED) is 0.825. The highest BCUT2D eigenvalue weighted by atomic mass is 16.2. The number of carbonyl (C=O) groups excluding carboxylic acids is 1. The van der Waals surface area contributed by atoms with Crippen molar-refractivity contribution in [2.75, 3.05) is 6.54 Å². The van der Waals surface area contributed by atoms with Gasteiger partial charge in [0.25, 0.3) is 0 Å². The highest BCUT2D eigenvalue weighted by Gasteiger charge is 2.14. The van der Waals surface area contributed by atoms with Gasteiger partial charge in [-0.15, -0.1) is 0 Å². The van der Waals surface area contributed by atoms with Crippen LogP contribution in [-0.2, 0) is 6.54 Å². The van der Waals surface area contributed by atoms with E-state index in [-0.39, 0.29) is 6.03 Å². The van der Waals surface area contributed by atoms with Crippen LogP contribution in [0.2, 0.25) is 0 Å². The van der Waals surface area contributed by atoms with Gasteiger partial charge in [-0.3, -0.25) is 0 Å². The Labute approximate surface area is 141 Å². The molecule has 2 amide bonds. The zero-order chi connectivity index (χ0) is 16.6. The van der Waals surface area contributed by atoms with Crippen molar-refractivity contribution in [2.24, 2.45) is 0 Å². The maximum absolute atomic E-state index is 12.0. The molecule has 0 unspecified atom stereocenters. The third-order valence-corrected chi connectivity index (χ3v) is 4.31. The molecule has 0 saturated heterocycles. The third-order valence-electron chi connectivity index (χ3n) is 4.31. The fraction of sp³-hybridized carbons (Fsp3) is 0.529. The van der Waals surface area contributed by atoms with Crippen molar-refractivity contribution in [3.05, 3.63) is 30.9 Å². The van der Waals surface area contributed by atoms with Crippen LogP contribution >= 0.6 is 0 Å². The number of carbonyl (C=O) groups is 1. The molecule has 1 aliphatic carbocycles. The lowest BCUT2D eigenvalue weighted by molar-refractivity contribution is 0.235. The number of amides is 2. The van der Waals surface area contributed by atoms with Crippen LogP contribution in [0.5, 0.6) is 0 Å². The number of rotatable bonds is 5. The fourth-order valence-electron chi connectivity index (χ4n) is 3.06. The minimum atomic E-state index is -0.0838. The van der Waals surface area contributed by atoms with Crippen LogP contribution < -0.4 is 10.6 Å². The molecule has 7 heteroatoms. The summed E-state index contributed by atoms with van der Waals surface area (Å²) < 4.78 is 1.95. The Bertz CT molecular complexity index is 634. The predicted octanol–water partition coefficient (Wildman–Crippen LogP) is 2.36. The van der Waals surface area contributed by atoms with Gasteiger partial charge >= 0.3 is 6.03 Å². The van der Waals surface area contributed by atoms with Crippen molar-refractivity contribution >= 4 is 6.03 Å². The summed E-state index contributed by atoms with van der Waals surface area (Å²) in [4.78, 5) is 24.8. The Morgan fingerprint density at radius 1 is 1.08 bits per heavy atom. The Morgan fingerprint density at radius 3 is 2.58 bits per heavy atom. The molecule has 24 heavy (non-hydrogen) atoms. The highest BCUT2D eigenvalue weighted by molar-refractivity contribution is 5.74. The average Bonchev–Trinajstić information content (AvgIpc) is 2.92. The van der Waals surface area contributed by atoms with Gasteiger partial charge in [0.15, 0.2) is 11.6 Å². The maximum atomic E-state index is 12.0. The molecule has 128 valence electrons. The van der Waals surface area contributed by atoms with E-state index in [4.69, 9.17) is 0 Å². The summed E-state index contributed by atoms with van der Waals surface area (Å²) in [5.41, 5.74) is 0. The maximum Gasteiger partial charge on any atom is 0.315 e. The van der Waals surface area contributed by atoms with E-state index in [9.17, 15) is 4.79 Å². The zero-order valence-electron chi connectivity index (χ0n) is 13.8. The van der Waals surface area contributed by atoms with Gasteiger partial charge in [-0.05, 0) is 18.9 Å². The van der Waals surface area contributed by atoms with Gasteiger partial charge in [0.1, 0.15) is 0 Å². The minimum absolute atomic E-state index is 0.0838. The second-order valence-electron chi connectivity index (χ2n) is 6.11. The van der Waals surface area contributed by atoms with Crippen LogP contribution in [0.25, 0.3) is 11.6 Å². The molecule has 2 heterocycles. The largest absolute Gasteiger partial charge is 0.336 e. The van der Waals surface area contributed by atoms with Crippen molar-refractivity contribution in [2.45, 2.75) is 51.1 Å². The average molecular weight is 328 g/mol. The van der Waals surface area contributed by atoms with E-state index in [0.29, 0.717) is 30.8 Å². The van der Waals surface area contributed by atoms with Crippen LogP contribution in [0, 0.1) is 0 Å². The summed E-state index contributed by atoms with van der Waals surface area (Å²) in [6.07, 6.45) is 14.1. The Morgan fingerprint density at radius 2 is 1.83 bits per heavy atom. The van der Waals surface area contributed by atoms with Gasteiger partial charge in [-0.1, -0.05) is 25.7 Å². The molecule has 0 radical (unpaired) electrons. The first-order valence-electron chi connectivity index (χ1n) is 8.66. The molecule has 1 fully saturated rings. The number of imidazole rings is 1. The van der Waals surface area contributed by atoms with Gasteiger partial charge in [0.2, 0.25) is 0 Å². The summed E-state index contributed by atoms with van der Waals surface area (Å²) in [6, 6.07) is 2.00. The molecular weight excluding hydrogens is 304 g/mol. The summed E-state index contributed by atoms with van der Waals surface area (Å²) in [6.45, 7) is 1.17. The molecule has 2 aromatic heterocycles. The number of hydrogen-bond donors (Lipinski definition) is 2.